The Balaban J connectivity index is 1.45. The molecule has 0 saturated heterocycles. The number of nitrogens with zero attached hydrogens (tertiary/aromatic N) is 4. The number of benzene rings is 2. The van der Waals surface area contributed by atoms with Gasteiger partial charge in [0.15, 0.2) is 11.5 Å². The van der Waals surface area contributed by atoms with Crippen LogP contribution in [0.2, 0.25) is 0 Å². The van der Waals surface area contributed by atoms with Gasteiger partial charge in [-0.05, 0) is 65.9 Å². The summed E-state index contributed by atoms with van der Waals surface area (Å²) < 4.78 is 18.7. The quantitative estimate of drug-likeness (QED) is 0.398. The van der Waals surface area contributed by atoms with Gasteiger partial charge in [-0.3, -0.25) is 14.1 Å². The predicted molar refractivity (Wildman–Crippen MR) is 134 cm³/mol. The summed E-state index contributed by atoms with van der Waals surface area (Å²) in [5.74, 6) is 0.498. The fourth-order valence-corrected chi connectivity index (χ4v) is 4.52. The topological polar surface area (TPSA) is 108 Å². The second kappa shape index (κ2) is 8.84. The molecule has 6 rings (SSSR count). The zero-order valence-electron chi connectivity index (χ0n) is 19.8. The number of ether oxygens (including phenoxy) is 2. The second-order valence-electron chi connectivity index (χ2n) is 8.53. The third-order valence-corrected chi connectivity index (χ3v) is 6.17. The number of aromatic amines is 1. The van der Waals surface area contributed by atoms with Crippen LogP contribution in [0.25, 0.3) is 22.8 Å². The van der Waals surface area contributed by atoms with Crippen molar-refractivity contribution < 1.29 is 14.0 Å². The number of aromatic nitrogens is 5. The lowest BCUT2D eigenvalue weighted by Crippen LogP contribution is -2.07. The van der Waals surface area contributed by atoms with E-state index in [4.69, 9.17) is 14.0 Å². The van der Waals surface area contributed by atoms with Gasteiger partial charge in [0.1, 0.15) is 17.9 Å². The van der Waals surface area contributed by atoms with E-state index in [-0.39, 0.29) is 0 Å². The van der Waals surface area contributed by atoms with Gasteiger partial charge in [-0.2, -0.15) is 4.98 Å². The van der Waals surface area contributed by atoms with Gasteiger partial charge in [0.2, 0.25) is 0 Å². The number of H-pyrrole nitrogens is 1. The third-order valence-electron chi connectivity index (χ3n) is 6.17. The van der Waals surface area contributed by atoms with E-state index in [1.165, 1.54) is 0 Å². The van der Waals surface area contributed by atoms with Crippen LogP contribution < -0.4 is 15.2 Å². The molecule has 2 aromatic carbocycles. The summed E-state index contributed by atoms with van der Waals surface area (Å²) in [7, 11) is 0. The highest BCUT2D eigenvalue weighted by Gasteiger charge is 2.21. The van der Waals surface area contributed by atoms with E-state index in [2.05, 4.69) is 38.3 Å². The molecule has 9 nitrogen and oxygen atoms in total. The number of para-hydroxylation sites is 1. The first kappa shape index (κ1) is 21.8. The molecule has 1 N–H and O–H groups in total. The van der Waals surface area contributed by atoms with Gasteiger partial charge in [0, 0.05) is 11.8 Å². The van der Waals surface area contributed by atoms with Crippen molar-refractivity contribution in [3.8, 4) is 11.8 Å². The van der Waals surface area contributed by atoms with Gasteiger partial charge >= 0.3 is 5.76 Å². The van der Waals surface area contributed by atoms with Crippen LogP contribution in [0.15, 0.2) is 64.0 Å². The fraction of sp³-hybridized carbons (Fsp3) is 0.185. The Bertz CT molecular complexity index is 1680. The smallest absolute Gasteiger partial charge is 0.439 e. The maximum Gasteiger partial charge on any atom is 0.439 e. The van der Waals surface area contributed by atoms with Gasteiger partial charge in [-0.25, -0.2) is 9.78 Å². The SMILES string of the molecule is CCOc1nc2c(C)ccnc2n1Cc1ccc2c(c1)COc1ccccc1/C2=C\c1noc(=O)[nH]1. The number of hydrogen-bond donors (Lipinski definition) is 1. The van der Waals surface area contributed by atoms with Crippen LogP contribution >= 0.6 is 0 Å². The highest BCUT2D eigenvalue weighted by atomic mass is 16.5. The average molecular weight is 482 g/mol. The van der Waals surface area contributed by atoms with Crippen molar-refractivity contribution in [3.63, 3.8) is 0 Å². The third kappa shape index (κ3) is 3.84. The number of aryl methyl sites for hydroxylation is 1. The van der Waals surface area contributed by atoms with E-state index in [1.807, 2.05) is 48.7 Å². The molecular formula is C27H23N5O4. The molecule has 0 radical (unpaired) electrons. The van der Waals surface area contributed by atoms with Crippen molar-refractivity contribution >= 4 is 22.8 Å². The summed E-state index contributed by atoms with van der Waals surface area (Å²) in [6, 6.07) is 16.6. The lowest BCUT2D eigenvalue weighted by atomic mass is 9.92. The van der Waals surface area contributed by atoms with Crippen LogP contribution in [0.1, 0.15) is 40.6 Å². The summed E-state index contributed by atoms with van der Waals surface area (Å²) >= 11 is 0. The van der Waals surface area contributed by atoms with Crippen molar-refractivity contribution in [2.45, 2.75) is 27.0 Å². The molecule has 0 spiro atoms. The van der Waals surface area contributed by atoms with E-state index >= 15 is 0 Å². The van der Waals surface area contributed by atoms with E-state index in [0.29, 0.717) is 31.6 Å². The van der Waals surface area contributed by atoms with Crippen LogP contribution in [0.3, 0.4) is 0 Å². The van der Waals surface area contributed by atoms with Gasteiger partial charge < -0.3 is 9.47 Å². The van der Waals surface area contributed by atoms with Crippen molar-refractivity contribution in [2.75, 3.05) is 6.61 Å². The normalized spacial score (nSPS) is 13.8. The number of rotatable bonds is 5. The molecule has 0 amide bonds. The van der Waals surface area contributed by atoms with Gasteiger partial charge in [0.25, 0.3) is 6.01 Å². The molecule has 0 aliphatic carbocycles. The fourth-order valence-electron chi connectivity index (χ4n) is 4.52. The van der Waals surface area contributed by atoms with Gasteiger partial charge in [0.05, 0.1) is 13.2 Å². The number of nitrogens with one attached hydrogen (secondary N) is 1. The summed E-state index contributed by atoms with van der Waals surface area (Å²) in [5, 5.41) is 3.83. The minimum absolute atomic E-state index is 0.342. The number of fused-ring (bicyclic) bond motifs is 3. The lowest BCUT2D eigenvalue weighted by Gasteiger charge is -2.13. The largest absolute Gasteiger partial charge is 0.488 e. The monoisotopic (exact) mass is 481 g/mol. The van der Waals surface area contributed by atoms with Crippen LogP contribution in [-0.4, -0.2) is 31.3 Å². The number of hydrogen-bond acceptors (Lipinski definition) is 7. The summed E-state index contributed by atoms with van der Waals surface area (Å²) in [5.41, 5.74) is 7.51. The Morgan fingerprint density at radius 3 is 2.89 bits per heavy atom. The van der Waals surface area contributed by atoms with Crippen LogP contribution in [-0.2, 0) is 13.2 Å². The van der Waals surface area contributed by atoms with Crippen LogP contribution in [0.4, 0.5) is 0 Å². The maximum atomic E-state index is 11.5. The molecule has 180 valence electrons. The molecule has 9 heteroatoms. The number of imidazole rings is 1. The van der Waals surface area contributed by atoms with E-state index in [9.17, 15) is 4.79 Å². The maximum absolute atomic E-state index is 11.5. The average Bonchev–Trinajstić information content (AvgIpc) is 3.41. The first-order chi connectivity index (χ1) is 17.6. The predicted octanol–water partition coefficient (Wildman–Crippen LogP) is 4.34. The lowest BCUT2D eigenvalue weighted by molar-refractivity contribution is 0.300. The van der Waals surface area contributed by atoms with Gasteiger partial charge in [-0.1, -0.05) is 35.5 Å². The number of pyridine rings is 1. The second-order valence-corrected chi connectivity index (χ2v) is 8.53. The molecule has 3 aromatic heterocycles. The molecule has 36 heavy (non-hydrogen) atoms. The molecule has 0 atom stereocenters. The standard InChI is InChI=1S/C27H23N5O4/c1-3-34-26-30-24-16(2)10-11-28-25(24)32(26)14-17-8-9-19-18(12-17)15-35-22-7-5-4-6-20(22)21(19)13-23-29-27(33)36-31-23/h4-13H,3,14-15H2,1-2H3,(H,29,31,33)/b21-13-. The van der Waals surface area contributed by atoms with Crippen molar-refractivity contribution in [3.05, 3.63) is 98.9 Å². The zero-order valence-corrected chi connectivity index (χ0v) is 19.8. The molecule has 1 aliphatic rings. The zero-order chi connectivity index (χ0) is 24.6. The van der Waals surface area contributed by atoms with E-state index in [0.717, 1.165) is 50.3 Å². The van der Waals surface area contributed by atoms with Crippen molar-refractivity contribution in [1.82, 2.24) is 24.7 Å². The van der Waals surface area contributed by atoms with E-state index < -0.39 is 5.76 Å². The molecule has 0 saturated carbocycles. The first-order valence-corrected chi connectivity index (χ1v) is 11.7. The summed E-state index contributed by atoms with van der Waals surface area (Å²) in [6.45, 7) is 5.41. The summed E-state index contributed by atoms with van der Waals surface area (Å²) in [6.07, 6.45) is 3.60. The van der Waals surface area contributed by atoms with Gasteiger partial charge in [-0.15, -0.1) is 0 Å². The molecular weight excluding hydrogens is 458 g/mol. The Morgan fingerprint density at radius 2 is 2.06 bits per heavy atom. The highest BCUT2D eigenvalue weighted by molar-refractivity contribution is 5.93. The molecule has 0 unspecified atom stereocenters. The minimum Gasteiger partial charge on any atom is -0.488 e. The van der Waals surface area contributed by atoms with Crippen molar-refractivity contribution in [2.24, 2.45) is 0 Å². The Labute approximate surface area is 206 Å². The van der Waals surface area contributed by atoms with E-state index in [1.54, 1.807) is 12.3 Å². The summed E-state index contributed by atoms with van der Waals surface area (Å²) in [4.78, 5) is 23.4. The van der Waals surface area contributed by atoms with Crippen LogP contribution in [0, 0.1) is 6.92 Å². The molecule has 4 heterocycles. The first-order valence-electron chi connectivity index (χ1n) is 11.7. The Morgan fingerprint density at radius 1 is 1.17 bits per heavy atom. The highest BCUT2D eigenvalue weighted by Crippen LogP contribution is 2.38. The van der Waals surface area contributed by atoms with Crippen molar-refractivity contribution in [1.29, 1.82) is 0 Å². The molecule has 0 fully saturated rings. The Kier molecular flexibility index (Phi) is 5.37. The molecule has 1 aliphatic heterocycles. The molecule has 5 aromatic rings. The molecule has 0 bridgehead atoms. The Hall–Kier alpha value is -4.66. The minimum atomic E-state index is -0.600. The van der Waals surface area contributed by atoms with Crippen LogP contribution in [0.5, 0.6) is 11.8 Å².